The average molecular weight is 457 g/mol. The average Bonchev–Trinajstić information content (AvgIpc) is 3.49. The van der Waals surface area contributed by atoms with E-state index >= 15 is 0 Å². The summed E-state index contributed by atoms with van der Waals surface area (Å²) in [5.41, 5.74) is 2.91. The van der Waals surface area contributed by atoms with Gasteiger partial charge in [-0.1, -0.05) is 48.5 Å². The Hall–Kier alpha value is -3.58. The molecular weight excluding hydrogens is 432 g/mol. The molecule has 3 heterocycles. The summed E-state index contributed by atoms with van der Waals surface area (Å²) in [5, 5.41) is 4.83. The third-order valence-electron chi connectivity index (χ3n) is 5.99. The van der Waals surface area contributed by atoms with Gasteiger partial charge in [0.05, 0.1) is 21.8 Å². The standard InChI is InChI=1S/C26H24N4O2S/c1-17-29-23(19-8-3-2-4-9-19)24(33-17)26(32)30-15-7-12-20(30)16-28-25(31)21-13-5-10-18-11-6-14-27-22(18)21/h2-6,8-11,13-14,20H,7,12,15-16H2,1H3,(H,28,31). The smallest absolute Gasteiger partial charge is 0.266 e. The number of carbonyl (C=O) groups excluding carboxylic acids is 2. The van der Waals surface area contributed by atoms with Gasteiger partial charge >= 0.3 is 0 Å². The largest absolute Gasteiger partial charge is 0.350 e. The minimum absolute atomic E-state index is 0.0111. The lowest BCUT2D eigenvalue weighted by Crippen LogP contribution is -2.43. The summed E-state index contributed by atoms with van der Waals surface area (Å²) in [7, 11) is 0. The number of hydrogen-bond donors (Lipinski definition) is 1. The second-order valence-corrected chi connectivity index (χ2v) is 9.37. The van der Waals surface area contributed by atoms with Crippen molar-refractivity contribution in [1.82, 2.24) is 20.2 Å². The van der Waals surface area contributed by atoms with Crippen molar-refractivity contribution in [2.45, 2.75) is 25.8 Å². The maximum atomic E-state index is 13.5. The van der Waals surface area contributed by atoms with Crippen LogP contribution < -0.4 is 5.32 Å². The summed E-state index contributed by atoms with van der Waals surface area (Å²) in [6.07, 6.45) is 3.47. The number of carbonyl (C=O) groups is 2. The van der Waals surface area contributed by atoms with Crippen molar-refractivity contribution in [3.8, 4) is 11.3 Å². The van der Waals surface area contributed by atoms with Gasteiger partial charge in [-0.25, -0.2) is 4.98 Å². The zero-order valence-electron chi connectivity index (χ0n) is 18.3. The molecule has 33 heavy (non-hydrogen) atoms. The second-order valence-electron chi connectivity index (χ2n) is 8.16. The van der Waals surface area contributed by atoms with Crippen LogP contribution in [-0.2, 0) is 0 Å². The normalized spacial score (nSPS) is 15.7. The summed E-state index contributed by atoms with van der Waals surface area (Å²) < 4.78 is 0. The summed E-state index contributed by atoms with van der Waals surface area (Å²) in [4.78, 5) is 38.0. The van der Waals surface area contributed by atoms with E-state index in [1.807, 2.05) is 66.4 Å². The number of rotatable bonds is 5. The highest BCUT2D eigenvalue weighted by Crippen LogP contribution is 2.31. The van der Waals surface area contributed by atoms with Gasteiger partial charge in [-0.3, -0.25) is 14.6 Å². The molecule has 0 radical (unpaired) electrons. The van der Waals surface area contributed by atoms with Crippen LogP contribution in [0.5, 0.6) is 0 Å². The SMILES string of the molecule is Cc1nc(-c2ccccc2)c(C(=O)N2CCCC2CNC(=O)c2cccc3cccnc23)s1. The molecule has 1 N–H and O–H groups in total. The Balaban J connectivity index is 1.33. The molecule has 7 heteroatoms. The number of pyridine rings is 1. The molecule has 2 aromatic carbocycles. The number of amides is 2. The minimum Gasteiger partial charge on any atom is -0.350 e. The Kier molecular flexibility index (Phi) is 5.88. The second kappa shape index (κ2) is 9.11. The van der Waals surface area contributed by atoms with E-state index in [-0.39, 0.29) is 17.9 Å². The van der Waals surface area contributed by atoms with E-state index in [4.69, 9.17) is 0 Å². The van der Waals surface area contributed by atoms with Crippen LogP contribution in [-0.4, -0.2) is 45.8 Å². The van der Waals surface area contributed by atoms with Gasteiger partial charge in [-0.15, -0.1) is 11.3 Å². The number of para-hydroxylation sites is 1. The number of aromatic nitrogens is 2. The monoisotopic (exact) mass is 456 g/mol. The summed E-state index contributed by atoms with van der Waals surface area (Å²) in [6, 6.07) is 19.2. The van der Waals surface area contributed by atoms with Crippen LogP contribution in [0.1, 0.15) is 37.9 Å². The molecule has 1 aliphatic heterocycles. The van der Waals surface area contributed by atoms with Crippen LogP contribution in [0.3, 0.4) is 0 Å². The fourth-order valence-corrected chi connectivity index (χ4v) is 5.30. The van der Waals surface area contributed by atoms with E-state index in [2.05, 4.69) is 15.3 Å². The molecule has 1 unspecified atom stereocenters. The van der Waals surface area contributed by atoms with Crippen molar-refractivity contribution in [3.05, 3.63) is 82.3 Å². The molecule has 1 atom stereocenters. The van der Waals surface area contributed by atoms with E-state index in [1.54, 1.807) is 12.3 Å². The molecular formula is C26H24N4O2S. The Bertz CT molecular complexity index is 1310. The lowest BCUT2D eigenvalue weighted by Gasteiger charge is -2.25. The molecule has 1 fully saturated rings. The van der Waals surface area contributed by atoms with Crippen LogP contribution >= 0.6 is 11.3 Å². The summed E-state index contributed by atoms with van der Waals surface area (Å²) in [5.74, 6) is -0.180. The lowest BCUT2D eigenvalue weighted by molar-refractivity contribution is 0.0730. The zero-order valence-corrected chi connectivity index (χ0v) is 19.1. The third kappa shape index (κ3) is 4.24. The van der Waals surface area contributed by atoms with Crippen molar-refractivity contribution >= 4 is 34.1 Å². The number of benzene rings is 2. The fraction of sp³-hybridized carbons (Fsp3) is 0.231. The number of hydrogen-bond acceptors (Lipinski definition) is 5. The summed E-state index contributed by atoms with van der Waals surface area (Å²) >= 11 is 1.43. The predicted octanol–water partition coefficient (Wildman–Crippen LogP) is 4.70. The molecule has 1 aliphatic rings. The number of nitrogens with zero attached hydrogens (tertiary/aromatic N) is 3. The van der Waals surface area contributed by atoms with E-state index < -0.39 is 0 Å². The van der Waals surface area contributed by atoms with Crippen molar-refractivity contribution in [1.29, 1.82) is 0 Å². The molecule has 1 saturated heterocycles. The van der Waals surface area contributed by atoms with Crippen LogP contribution in [0.2, 0.25) is 0 Å². The first-order valence-corrected chi connectivity index (χ1v) is 11.9. The molecule has 6 nitrogen and oxygen atoms in total. The Labute approximate surface area is 196 Å². The first kappa shape index (κ1) is 21.3. The number of aryl methyl sites for hydroxylation is 1. The van der Waals surface area contributed by atoms with Gasteiger partial charge in [0.1, 0.15) is 4.88 Å². The predicted molar refractivity (Wildman–Crippen MR) is 130 cm³/mol. The quantitative estimate of drug-likeness (QED) is 0.472. The minimum atomic E-state index is -0.169. The molecule has 4 aromatic rings. The molecule has 0 spiro atoms. The Morgan fingerprint density at radius 3 is 2.76 bits per heavy atom. The maximum Gasteiger partial charge on any atom is 0.266 e. The van der Waals surface area contributed by atoms with Gasteiger partial charge in [0.15, 0.2) is 0 Å². The van der Waals surface area contributed by atoms with Gasteiger partial charge in [0.25, 0.3) is 11.8 Å². The lowest BCUT2D eigenvalue weighted by atomic mass is 10.1. The molecule has 5 rings (SSSR count). The molecule has 0 saturated carbocycles. The molecule has 2 aromatic heterocycles. The van der Waals surface area contributed by atoms with Gasteiger partial charge in [0, 0.05) is 36.3 Å². The van der Waals surface area contributed by atoms with Crippen molar-refractivity contribution in [2.75, 3.05) is 13.1 Å². The third-order valence-corrected chi connectivity index (χ3v) is 6.95. The highest BCUT2D eigenvalue weighted by molar-refractivity contribution is 7.14. The molecule has 2 amide bonds. The fourth-order valence-electron chi connectivity index (χ4n) is 4.40. The van der Waals surface area contributed by atoms with Crippen molar-refractivity contribution in [2.24, 2.45) is 0 Å². The summed E-state index contributed by atoms with van der Waals surface area (Å²) in [6.45, 7) is 3.01. The van der Waals surface area contributed by atoms with Gasteiger partial charge in [-0.2, -0.15) is 0 Å². The van der Waals surface area contributed by atoms with Crippen LogP contribution in [0.15, 0.2) is 66.9 Å². The first-order valence-electron chi connectivity index (χ1n) is 11.1. The number of fused-ring (bicyclic) bond motifs is 1. The van der Waals surface area contributed by atoms with Crippen molar-refractivity contribution in [3.63, 3.8) is 0 Å². The number of thiazole rings is 1. The van der Waals surface area contributed by atoms with Gasteiger partial charge in [-0.05, 0) is 31.9 Å². The van der Waals surface area contributed by atoms with Crippen LogP contribution in [0, 0.1) is 6.92 Å². The Morgan fingerprint density at radius 2 is 1.91 bits per heavy atom. The van der Waals surface area contributed by atoms with E-state index in [9.17, 15) is 9.59 Å². The van der Waals surface area contributed by atoms with E-state index in [1.165, 1.54) is 11.3 Å². The first-order chi connectivity index (χ1) is 16.1. The zero-order chi connectivity index (χ0) is 22.8. The topological polar surface area (TPSA) is 75.2 Å². The maximum absolute atomic E-state index is 13.5. The van der Waals surface area contributed by atoms with E-state index in [0.29, 0.717) is 29.0 Å². The van der Waals surface area contributed by atoms with Crippen LogP contribution in [0.25, 0.3) is 22.2 Å². The number of likely N-dealkylation sites (tertiary alicyclic amines) is 1. The molecule has 166 valence electrons. The Morgan fingerprint density at radius 1 is 1.09 bits per heavy atom. The van der Waals surface area contributed by atoms with Gasteiger partial charge < -0.3 is 10.2 Å². The van der Waals surface area contributed by atoms with Crippen molar-refractivity contribution < 1.29 is 9.59 Å². The van der Waals surface area contributed by atoms with Crippen LogP contribution in [0.4, 0.5) is 0 Å². The van der Waals surface area contributed by atoms with Gasteiger partial charge in [0.2, 0.25) is 0 Å². The molecule has 0 bridgehead atoms. The molecule has 0 aliphatic carbocycles. The highest BCUT2D eigenvalue weighted by atomic mass is 32.1. The highest BCUT2D eigenvalue weighted by Gasteiger charge is 2.32. The van der Waals surface area contributed by atoms with E-state index in [0.717, 1.165) is 34.5 Å². The number of nitrogens with one attached hydrogen (secondary N) is 1.